The molecule has 0 heterocycles. The summed E-state index contributed by atoms with van der Waals surface area (Å²) in [6.45, 7) is 2.92. The molecule has 0 aromatic rings. The van der Waals surface area contributed by atoms with E-state index in [-0.39, 0.29) is 50.6 Å². The number of aliphatic carboxylic acids is 3. The van der Waals surface area contributed by atoms with Crippen LogP contribution in [0.2, 0.25) is 0 Å². The Morgan fingerprint density at radius 1 is 0.588 bits per heavy atom. The summed E-state index contributed by atoms with van der Waals surface area (Å²) in [5, 5.41) is 26.7. The van der Waals surface area contributed by atoms with Crippen LogP contribution in [0.4, 0.5) is 0 Å². The van der Waals surface area contributed by atoms with Gasteiger partial charge in [-0.15, -0.1) is 0 Å². The Morgan fingerprint density at radius 3 is 0.588 bits per heavy atom. The molecule has 0 aliphatic rings. The molecule has 2 radical (unpaired) electrons. The monoisotopic (exact) mass is 340 g/mol. The predicted octanol–water partition coefficient (Wildman–Crippen LogP) is -4.27. The Morgan fingerprint density at radius 2 is 0.588 bits per heavy atom. The number of carbonyl (C=O) groups is 3. The predicted molar refractivity (Wildman–Crippen MR) is 37.9 cm³/mol. The Bertz CT molecular complexity index is 121. The van der Waals surface area contributed by atoms with E-state index in [1.807, 2.05) is 0 Å². The van der Waals surface area contributed by atoms with Crippen LogP contribution in [0, 0.1) is 0 Å². The molecule has 17 heavy (non-hydrogen) atoms. The first-order chi connectivity index (χ1) is 5.20. The summed E-state index contributed by atoms with van der Waals surface area (Å²) >= 11 is 0. The Kier molecular flexibility index (Phi) is 148. The van der Waals surface area contributed by atoms with Crippen LogP contribution >= 0.6 is 0 Å². The van der Waals surface area contributed by atoms with Gasteiger partial charge in [-0.05, 0) is 20.8 Å². The van der Waals surface area contributed by atoms with Gasteiger partial charge in [0.2, 0.25) is 0 Å². The van der Waals surface area contributed by atoms with E-state index in [4.69, 9.17) is 29.7 Å². The number of carbonyl (C=O) groups excluding carboxylic acids is 3. The summed E-state index contributed by atoms with van der Waals surface area (Å²) in [5.41, 5.74) is 0. The van der Waals surface area contributed by atoms with Gasteiger partial charge in [0, 0.05) is 17.9 Å². The van der Waals surface area contributed by atoms with E-state index in [1.54, 1.807) is 0 Å². The molecule has 0 bridgehead atoms. The largest absolute Gasteiger partial charge is 3.00 e. The molecule has 0 aliphatic heterocycles. The van der Waals surface area contributed by atoms with Gasteiger partial charge >= 0.3 is 34.1 Å². The third kappa shape index (κ3) is 6050. The maximum absolute atomic E-state index is 8.89. The molecule has 0 spiro atoms. The summed E-state index contributed by atoms with van der Waals surface area (Å²) in [6, 6.07) is 0. The van der Waals surface area contributed by atoms with Gasteiger partial charge in [0.1, 0.15) is 0 Å². The molecular formula is C6H12Fe2O9. The molecule has 106 valence electrons. The number of hydrogen-bond acceptors (Lipinski definition) is 9. The number of rotatable bonds is 0. The van der Waals surface area contributed by atoms with Crippen molar-refractivity contribution in [1.29, 1.82) is 0 Å². The summed E-state index contributed by atoms with van der Waals surface area (Å²) < 4.78 is 0. The fourth-order valence-electron chi connectivity index (χ4n) is 0. The summed E-state index contributed by atoms with van der Waals surface area (Å²) in [6.07, 6.45) is 0. The molecule has 0 aromatic heterocycles. The molecule has 0 amide bonds. The standard InChI is InChI=1S/3C2H4O2.2Fe.3H2O/c3*1-2(3)4;;;;;/h3*1H3,(H,3,4);;;3*1H2/q;;;2*+3;;;/p-6. The van der Waals surface area contributed by atoms with Gasteiger partial charge in [0.25, 0.3) is 0 Å². The molecule has 0 aromatic carbocycles. The molecule has 0 saturated heterocycles. The van der Waals surface area contributed by atoms with Crippen LogP contribution in [0.5, 0.6) is 0 Å². The molecule has 0 aliphatic carbocycles. The third-order valence-electron chi connectivity index (χ3n) is 0. The van der Waals surface area contributed by atoms with Gasteiger partial charge in [0.05, 0.1) is 0 Å². The summed E-state index contributed by atoms with van der Waals surface area (Å²) in [4.78, 5) is 26.7. The zero-order valence-corrected chi connectivity index (χ0v) is 11.2. The van der Waals surface area contributed by atoms with Crippen LogP contribution in [0.15, 0.2) is 0 Å². The Hall–Kier alpha value is -0.671. The second-order valence-corrected chi connectivity index (χ2v) is 1.47. The van der Waals surface area contributed by atoms with Crippen molar-refractivity contribution >= 4 is 17.9 Å². The molecule has 0 fully saturated rings. The molecular weight excluding hydrogens is 328 g/mol. The molecule has 0 unspecified atom stereocenters. The fourth-order valence-corrected chi connectivity index (χ4v) is 0. The number of carboxylic acids is 3. The summed E-state index contributed by atoms with van der Waals surface area (Å²) in [7, 11) is 0. The van der Waals surface area contributed by atoms with Gasteiger partial charge in [-0.25, -0.2) is 0 Å². The van der Waals surface area contributed by atoms with Crippen molar-refractivity contribution in [2.24, 2.45) is 0 Å². The zero-order chi connectivity index (χ0) is 10.7. The maximum Gasteiger partial charge on any atom is 3.00 e. The van der Waals surface area contributed by atoms with Crippen LogP contribution < -0.4 is 15.3 Å². The van der Waals surface area contributed by atoms with E-state index in [2.05, 4.69) is 0 Å². The van der Waals surface area contributed by atoms with Crippen LogP contribution in [-0.4, -0.2) is 34.3 Å². The second-order valence-electron chi connectivity index (χ2n) is 1.47. The SMILES string of the molecule is CC(=O)[O-].CC(=O)[O-].CC(=O)[O-].[Fe+3].[Fe+3].[OH-].[OH-].[OH-]. The number of carboxylic acid groups (broad SMARTS) is 3. The van der Waals surface area contributed by atoms with Gasteiger partial charge in [-0.3, -0.25) is 0 Å². The zero-order valence-electron chi connectivity index (χ0n) is 9.00. The Labute approximate surface area is 119 Å². The average molecular weight is 340 g/mol. The minimum Gasteiger partial charge on any atom is -0.870 e. The average Bonchev–Trinajstić information content (AvgIpc) is 1.54. The molecule has 0 rings (SSSR count). The van der Waals surface area contributed by atoms with E-state index < -0.39 is 17.9 Å². The van der Waals surface area contributed by atoms with Crippen molar-refractivity contribution in [1.82, 2.24) is 0 Å². The van der Waals surface area contributed by atoms with Gasteiger partial charge in [-0.1, -0.05) is 0 Å². The van der Waals surface area contributed by atoms with Crippen LogP contribution in [-0.2, 0) is 48.5 Å². The van der Waals surface area contributed by atoms with E-state index in [0.717, 1.165) is 20.8 Å². The normalized spacial score (nSPS) is 4.41. The smallest absolute Gasteiger partial charge is 0.870 e. The van der Waals surface area contributed by atoms with E-state index >= 15 is 0 Å². The van der Waals surface area contributed by atoms with E-state index in [1.165, 1.54) is 0 Å². The topological polar surface area (TPSA) is 210 Å². The number of hydrogen-bond donors (Lipinski definition) is 0. The van der Waals surface area contributed by atoms with Gasteiger partial charge < -0.3 is 46.1 Å². The van der Waals surface area contributed by atoms with Crippen molar-refractivity contribution in [3.05, 3.63) is 0 Å². The minimum atomic E-state index is -1.08. The molecule has 9 nitrogen and oxygen atoms in total. The van der Waals surface area contributed by atoms with Crippen LogP contribution in [0.25, 0.3) is 0 Å². The van der Waals surface area contributed by atoms with Crippen molar-refractivity contribution < 1.29 is 80.3 Å². The minimum absolute atomic E-state index is 0. The second kappa shape index (κ2) is 45.4. The molecule has 3 N–H and O–H groups in total. The quantitative estimate of drug-likeness (QED) is 0.390. The van der Waals surface area contributed by atoms with Crippen molar-refractivity contribution in [3.63, 3.8) is 0 Å². The van der Waals surface area contributed by atoms with Crippen molar-refractivity contribution in [2.75, 3.05) is 0 Å². The first kappa shape index (κ1) is 55.3. The molecule has 11 heteroatoms. The fraction of sp³-hybridized carbons (Fsp3) is 0.500. The first-order valence-electron chi connectivity index (χ1n) is 2.72. The van der Waals surface area contributed by atoms with Crippen LogP contribution in [0.3, 0.4) is 0 Å². The molecule has 0 saturated carbocycles. The first-order valence-corrected chi connectivity index (χ1v) is 2.72. The van der Waals surface area contributed by atoms with Crippen LogP contribution in [0.1, 0.15) is 20.8 Å². The van der Waals surface area contributed by atoms with Gasteiger partial charge in [0.15, 0.2) is 0 Å². The van der Waals surface area contributed by atoms with Crippen molar-refractivity contribution in [3.8, 4) is 0 Å². The molecule has 0 atom stereocenters. The summed E-state index contributed by atoms with van der Waals surface area (Å²) in [5.74, 6) is -3.25. The third-order valence-corrected chi connectivity index (χ3v) is 0. The van der Waals surface area contributed by atoms with Gasteiger partial charge in [-0.2, -0.15) is 0 Å². The maximum atomic E-state index is 8.89. The Balaban J connectivity index is -0.0000000104. The van der Waals surface area contributed by atoms with Crippen molar-refractivity contribution in [2.45, 2.75) is 20.8 Å². The van der Waals surface area contributed by atoms with E-state index in [9.17, 15) is 0 Å². The van der Waals surface area contributed by atoms with E-state index in [0.29, 0.717) is 0 Å².